The molecule has 1 atom stereocenters. The van der Waals surface area contributed by atoms with E-state index in [2.05, 4.69) is 50.2 Å². The Labute approximate surface area is 108 Å². The monoisotopic (exact) mass is 244 g/mol. The Morgan fingerprint density at radius 2 is 2.11 bits per heavy atom. The zero-order chi connectivity index (χ0) is 13.1. The van der Waals surface area contributed by atoms with Crippen LogP contribution in [-0.2, 0) is 11.5 Å². The first-order valence-electron chi connectivity index (χ1n) is 6.20. The smallest absolute Gasteiger partial charge is 0.123 e. The number of nitrogens with zero attached hydrogens (tertiary/aromatic N) is 2. The molecule has 1 aromatic carbocycles. The summed E-state index contributed by atoms with van der Waals surface area (Å²) in [4.78, 5) is 4.46. The van der Waals surface area contributed by atoms with Gasteiger partial charge in [-0.2, -0.15) is 0 Å². The van der Waals surface area contributed by atoms with E-state index in [1.807, 2.05) is 10.9 Å². The molecule has 0 aliphatic heterocycles. The van der Waals surface area contributed by atoms with E-state index in [0.29, 0.717) is 12.6 Å². The van der Waals surface area contributed by atoms with Gasteiger partial charge in [-0.1, -0.05) is 25.1 Å². The Balaban J connectivity index is 2.29. The molecule has 18 heavy (non-hydrogen) atoms. The van der Waals surface area contributed by atoms with Gasteiger partial charge in [0.15, 0.2) is 0 Å². The fraction of sp³-hybridized carbons (Fsp3) is 0.400. The molecule has 0 amide bonds. The van der Waals surface area contributed by atoms with Gasteiger partial charge >= 0.3 is 0 Å². The minimum atomic E-state index is 0.308. The summed E-state index contributed by atoms with van der Waals surface area (Å²) in [6.45, 7) is 7.07. The van der Waals surface area contributed by atoms with Crippen molar-refractivity contribution in [3.05, 3.63) is 53.1 Å². The maximum Gasteiger partial charge on any atom is 0.123 e. The third kappa shape index (κ3) is 2.46. The Hall–Kier alpha value is -1.61. The Kier molecular flexibility index (Phi) is 3.82. The Bertz CT molecular complexity index is 531. The van der Waals surface area contributed by atoms with E-state index in [-0.39, 0.29) is 0 Å². The fourth-order valence-electron chi connectivity index (χ4n) is 2.22. The average Bonchev–Trinajstić information content (AvgIpc) is 2.81. The second kappa shape index (κ2) is 5.36. The lowest BCUT2D eigenvalue weighted by Crippen LogP contribution is -2.01. The molecular formula is C15H20N2O. The highest BCUT2D eigenvalue weighted by Gasteiger charge is 2.14. The molecule has 1 unspecified atom stereocenters. The SMILES string of the molecule is COCn1cnc(C(C)c2cccc(C)c2C)c1. The van der Waals surface area contributed by atoms with Gasteiger partial charge in [-0.25, -0.2) is 4.98 Å². The van der Waals surface area contributed by atoms with Crippen LogP contribution in [0, 0.1) is 13.8 Å². The summed E-state index contributed by atoms with van der Waals surface area (Å²) in [6.07, 6.45) is 3.87. The van der Waals surface area contributed by atoms with Gasteiger partial charge in [-0.05, 0) is 30.5 Å². The predicted octanol–water partition coefficient (Wildman–Crippen LogP) is 3.26. The van der Waals surface area contributed by atoms with Gasteiger partial charge in [0.25, 0.3) is 0 Å². The van der Waals surface area contributed by atoms with Gasteiger partial charge < -0.3 is 9.30 Å². The van der Waals surface area contributed by atoms with Crippen molar-refractivity contribution in [3.8, 4) is 0 Å². The van der Waals surface area contributed by atoms with Crippen LogP contribution in [0.25, 0.3) is 0 Å². The van der Waals surface area contributed by atoms with E-state index in [0.717, 1.165) is 5.69 Å². The summed E-state index contributed by atoms with van der Waals surface area (Å²) in [7, 11) is 1.69. The predicted molar refractivity (Wildman–Crippen MR) is 72.7 cm³/mol. The van der Waals surface area contributed by atoms with Gasteiger partial charge in [-0.3, -0.25) is 0 Å². The van der Waals surface area contributed by atoms with Crippen LogP contribution in [0.5, 0.6) is 0 Å². The van der Waals surface area contributed by atoms with Crippen molar-refractivity contribution in [1.29, 1.82) is 0 Å². The third-order valence-electron chi connectivity index (χ3n) is 3.49. The summed E-state index contributed by atoms with van der Waals surface area (Å²) in [5.74, 6) is 0.308. The van der Waals surface area contributed by atoms with Crippen molar-refractivity contribution in [1.82, 2.24) is 9.55 Å². The molecule has 0 aliphatic rings. The summed E-state index contributed by atoms with van der Waals surface area (Å²) >= 11 is 0. The largest absolute Gasteiger partial charge is 0.364 e. The van der Waals surface area contributed by atoms with Crippen LogP contribution in [0.15, 0.2) is 30.7 Å². The zero-order valence-electron chi connectivity index (χ0n) is 11.5. The highest BCUT2D eigenvalue weighted by atomic mass is 16.5. The van der Waals surface area contributed by atoms with Crippen LogP contribution >= 0.6 is 0 Å². The second-order valence-electron chi connectivity index (χ2n) is 4.74. The molecule has 0 aliphatic carbocycles. The highest BCUT2D eigenvalue weighted by Crippen LogP contribution is 2.26. The molecule has 2 aromatic rings. The molecular weight excluding hydrogens is 224 g/mol. The summed E-state index contributed by atoms with van der Waals surface area (Å²) in [5, 5.41) is 0. The number of benzene rings is 1. The van der Waals surface area contributed by atoms with Crippen LogP contribution in [-0.4, -0.2) is 16.7 Å². The van der Waals surface area contributed by atoms with E-state index in [1.54, 1.807) is 7.11 Å². The number of hydrogen-bond donors (Lipinski definition) is 0. The molecule has 0 radical (unpaired) electrons. The third-order valence-corrected chi connectivity index (χ3v) is 3.49. The lowest BCUT2D eigenvalue weighted by molar-refractivity contribution is 0.131. The highest BCUT2D eigenvalue weighted by molar-refractivity contribution is 5.38. The molecule has 0 N–H and O–H groups in total. The van der Waals surface area contributed by atoms with Crippen LogP contribution in [0.1, 0.15) is 35.2 Å². The molecule has 2 rings (SSSR count). The van der Waals surface area contributed by atoms with Crippen LogP contribution in [0.2, 0.25) is 0 Å². The van der Waals surface area contributed by atoms with Gasteiger partial charge in [0, 0.05) is 19.2 Å². The normalized spacial score (nSPS) is 12.7. The number of methoxy groups -OCH3 is 1. The van der Waals surface area contributed by atoms with E-state index < -0.39 is 0 Å². The molecule has 0 fully saturated rings. The Morgan fingerprint density at radius 3 is 2.83 bits per heavy atom. The number of ether oxygens (including phenoxy) is 1. The number of imidazole rings is 1. The summed E-state index contributed by atoms with van der Waals surface area (Å²) in [5.41, 5.74) is 5.11. The molecule has 0 saturated carbocycles. The zero-order valence-corrected chi connectivity index (χ0v) is 11.5. The van der Waals surface area contributed by atoms with E-state index >= 15 is 0 Å². The van der Waals surface area contributed by atoms with Crippen molar-refractivity contribution in [3.63, 3.8) is 0 Å². The number of hydrogen-bond acceptors (Lipinski definition) is 2. The first-order chi connectivity index (χ1) is 8.63. The minimum absolute atomic E-state index is 0.308. The van der Waals surface area contributed by atoms with E-state index in [4.69, 9.17) is 4.74 Å². The number of rotatable bonds is 4. The summed E-state index contributed by atoms with van der Waals surface area (Å²) in [6, 6.07) is 6.44. The lowest BCUT2D eigenvalue weighted by Gasteiger charge is -2.14. The van der Waals surface area contributed by atoms with E-state index in [1.165, 1.54) is 16.7 Å². The Morgan fingerprint density at radius 1 is 1.33 bits per heavy atom. The molecule has 1 aromatic heterocycles. The van der Waals surface area contributed by atoms with E-state index in [9.17, 15) is 0 Å². The van der Waals surface area contributed by atoms with Crippen molar-refractivity contribution in [2.75, 3.05) is 7.11 Å². The van der Waals surface area contributed by atoms with Crippen LogP contribution in [0.3, 0.4) is 0 Å². The lowest BCUT2D eigenvalue weighted by atomic mass is 9.92. The quantitative estimate of drug-likeness (QED) is 0.825. The van der Waals surface area contributed by atoms with Gasteiger partial charge in [0.2, 0.25) is 0 Å². The van der Waals surface area contributed by atoms with Crippen molar-refractivity contribution in [2.45, 2.75) is 33.4 Å². The molecule has 96 valence electrons. The van der Waals surface area contributed by atoms with Crippen molar-refractivity contribution >= 4 is 0 Å². The van der Waals surface area contributed by atoms with Gasteiger partial charge in [0.05, 0.1) is 12.0 Å². The van der Waals surface area contributed by atoms with Crippen LogP contribution in [0.4, 0.5) is 0 Å². The molecule has 0 spiro atoms. The topological polar surface area (TPSA) is 27.1 Å². The molecule has 0 bridgehead atoms. The second-order valence-corrected chi connectivity index (χ2v) is 4.74. The number of aromatic nitrogens is 2. The molecule has 1 heterocycles. The number of aryl methyl sites for hydroxylation is 1. The molecule has 3 nitrogen and oxygen atoms in total. The molecule has 0 saturated heterocycles. The maximum atomic E-state index is 5.09. The van der Waals surface area contributed by atoms with Crippen LogP contribution < -0.4 is 0 Å². The average molecular weight is 244 g/mol. The first-order valence-corrected chi connectivity index (χ1v) is 6.20. The first kappa shape index (κ1) is 12.8. The maximum absolute atomic E-state index is 5.09. The minimum Gasteiger partial charge on any atom is -0.364 e. The van der Waals surface area contributed by atoms with Crippen molar-refractivity contribution < 1.29 is 4.74 Å². The van der Waals surface area contributed by atoms with Crippen molar-refractivity contribution in [2.24, 2.45) is 0 Å². The summed E-state index contributed by atoms with van der Waals surface area (Å²) < 4.78 is 7.05. The molecule has 3 heteroatoms. The van der Waals surface area contributed by atoms with Gasteiger partial charge in [0.1, 0.15) is 6.73 Å². The standard InChI is InChI=1S/C15H20N2O/c1-11-6-5-7-14(12(11)2)13(3)15-8-17(9-16-15)10-18-4/h5-9,13H,10H2,1-4H3. The van der Waals surface area contributed by atoms with Gasteiger partial charge in [-0.15, -0.1) is 0 Å². The fourth-order valence-corrected chi connectivity index (χ4v) is 2.22.